The molecule has 5 heteroatoms. The van der Waals surface area contributed by atoms with E-state index in [0.29, 0.717) is 31.1 Å². The summed E-state index contributed by atoms with van der Waals surface area (Å²) < 4.78 is 16.0. The third-order valence-electron chi connectivity index (χ3n) is 3.01. The Morgan fingerprint density at radius 2 is 1.90 bits per heavy atom. The Kier molecular flexibility index (Phi) is 7.50. The van der Waals surface area contributed by atoms with Gasteiger partial charge in [-0.25, -0.2) is 0 Å². The molecule has 0 aliphatic rings. The second-order valence-corrected chi connectivity index (χ2v) is 5.57. The first kappa shape index (κ1) is 17.8. The van der Waals surface area contributed by atoms with Crippen LogP contribution in [0.25, 0.3) is 0 Å². The summed E-state index contributed by atoms with van der Waals surface area (Å²) in [6.45, 7) is 6.23. The fourth-order valence-corrected chi connectivity index (χ4v) is 1.76. The highest BCUT2D eigenvalue weighted by Gasteiger charge is 2.13. The number of hydrogen-bond acceptors (Lipinski definition) is 5. The molecule has 0 saturated carbocycles. The molecular formula is C16H27NO4. The van der Waals surface area contributed by atoms with Crippen molar-refractivity contribution in [1.82, 2.24) is 5.32 Å². The molecule has 5 nitrogen and oxygen atoms in total. The van der Waals surface area contributed by atoms with Crippen LogP contribution in [0.5, 0.6) is 11.5 Å². The molecule has 0 bridgehead atoms. The largest absolute Gasteiger partial charge is 0.493 e. The molecular weight excluding hydrogens is 270 g/mol. The predicted molar refractivity (Wildman–Crippen MR) is 83.0 cm³/mol. The van der Waals surface area contributed by atoms with E-state index in [-0.39, 0.29) is 0 Å². The minimum atomic E-state index is -0.724. The molecule has 0 aliphatic carbocycles. The molecule has 0 spiro atoms. The van der Waals surface area contributed by atoms with Crippen LogP contribution in [-0.4, -0.2) is 44.7 Å². The number of aliphatic hydroxyl groups is 1. The van der Waals surface area contributed by atoms with Gasteiger partial charge in [0.1, 0.15) is 0 Å². The molecule has 1 aromatic rings. The molecule has 0 aromatic heterocycles. The van der Waals surface area contributed by atoms with Crippen molar-refractivity contribution in [3.63, 3.8) is 0 Å². The Balaban J connectivity index is 2.53. The number of hydrogen-bond donors (Lipinski definition) is 2. The van der Waals surface area contributed by atoms with Crippen molar-refractivity contribution >= 4 is 0 Å². The Labute approximate surface area is 127 Å². The first-order chi connectivity index (χ1) is 9.96. The molecule has 120 valence electrons. The fourth-order valence-electron chi connectivity index (χ4n) is 1.76. The Hall–Kier alpha value is -1.30. The zero-order valence-corrected chi connectivity index (χ0v) is 13.4. The van der Waals surface area contributed by atoms with Gasteiger partial charge in [0.25, 0.3) is 0 Å². The van der Waals surface area contributed by atoms with Crippen LogP contribution in [0.2, 0.25) is 0 Å². The van der Waals surface area contributed by atoms with Gasteiger partial charge in [-0.1, -0.05) is 6.07 Å². The highest BCUT2D eigenvalue weighted by Crippen LogP contribution is 2.28. The highest BCUT2D eigenvalue weighted by molar-refractivity contribution is 5.42. The summed E-state index contributed by atoms with van der Waals surface area (Å²) in [4.78, 5) is 0. The smallest absolute Gasteiger partial charge is 0.161 e. The number of ether oxygens (including phenoxy) is 3. The average Bonchev–Trinajstić information content (AvgIpc) is 2.43. The summed E-state index contributed by atoms with van der Waals surface area (Å²) in [5, 5.41) is 13.0. The van der Waals surface area contributed by atoms with Crippen LogP contribution in [0, 0.1) is 0 Å². The molecule has 2 N–H and O–H groups in total. The van der Waals surface area contributed by atoms with Gasteiger partial charge in [-0.2, -0.15) is 0 Å². The van der Waals surface area contributed by atoms with Crippen LogP contribution in [0.4, 0.5) is 0 Å². The Morgan fingerprint density at radius 1 is 1.14 bits per heavy atom. The van der Waals surface area contributed by atoms with Crippen LogP contribution < -0.4 is 14.8 Å². The van der Waals surface area contributed by atoms with Crippen molar-refractivity contribution in [2.24, 2.45) is 0 Å². The first-order valence-corrected chi connectivity index (χ1v) is 7.18. The van der Waals surface area contributed by atoms with Gasteiger partial charge in [0, 0.05) is 26.6 Å². The minimum absolute atomic E-state index is 0.450. The minimum Gasteiger partial charge on any atom is -0.493 e. The predicted octanol–water partition coefficient (Wildman–Crippen LogP) is 1.97. The van der Waals surface area contributed by atoms with Gasteiger partial charge in [0.05, 0.1) is 25.9 Å². The third-order valence-corrected chi connectivity index (χ3v) is 3.01. The lowest BCUT2D eigenvalue weighted by Gasteiger charge is -2.18. The van der Waals surface area contributed by atoms with Crippen molar-refractivity contribution < 1.29 is 19.3 Å². The maximum atomic E-state index is 9.68. The van der Waals surface area contributed by atoms with Gasteiger partial charge in [0.15, 0.2) is 11.5 Å². The standard InChI is InChI=1S/C16H27NO4/c1-16(2,18)7-9-21-14-6-5-13(11-15(14)20-4)12-17-8-10-19-3/h5-6,11,17-18H,7-10,12H2,1-4H3. The molecule has 0 unspecified atom stereocenters. The van der Waals surface area contributed by atoms with Crippen LogP contribution in [0.1, 0.15) is 25.8 Å². The molecule has 1 aromatic carbocycles. The summed E-state index contributed by atoms with van der Waals surface area (Å²) in [6.07, 6.45) is 0.566. The summed E-state index contributed by atoms with van der Waals surface area (Å²) in [7, 11) is 3.31. The lowest BCUT2D eigenvalue weighted by Crippen LogP contribution is -2.22. The monoisotopic (exact) mass is 297 g/mol. The molecule has 0 amide bonds. The van der Waals surface area contributed by atoms with E-state index in [2.05, 4.69) is 5.32 Å². The van der Waals surface area contributed by atoms with E-state index in [1.807, 2.05) is 18.2 Å². The topological polar surface area (TPSA) is 60.0 Å². The van der Waals surface area contributed by atoms with E-state index in [1.54, 1.807) is 28.1 Å². The van der Waals surface area contributed by atoms with Crippen LogP contribution in [0.3, 0.4) is 0 Å². The number of benzene rings is 1. The Bertz CT molecular complexity index is 415. The Morgan fingerprint density at radius 3 is 2.52 bits per heavy atom. The van der Waals surface area contributed by atoms with Gasteiger partial charge in [-0.05, 0) is 31.5 Å². The van der Waals surface area contributed by atoms with Gasteiger partial charge in [-0.15, -0.1) is 0 Å². The normalized spacial score (nSPS) is 11.5. The molecule has 0 aliphatic heterocycles. The van der Waals surface area contributed by atoms with E-state index in [1.165, 1.54) is 0 Å². The van der Waals surface area contributed by atoms with Crippen molar-refractivity contribution in [2.45, 2.75) is 32.4 Å². The second-order valence-electron chi connectivity index (χ2n) is 5.57. The summed E-state index contributed by atoms with van der Waals surface area (Å²) >= 11 is 0. The molecule has 0 fully saturated rings. The van der Waals surface area contributed by atoms with Crippen molar-refractivity contribution in [3.8, 4) is 11.5 Å². The molecule has 0 heterocycles. The molecule has 0 radical (unpaired) electrons. The third kappa shape index (κ3) is 7.32. The molecule has 0 atom stereocenters. The zero-order chi connectivity index (χ0) is 15.7. The summed E-state index contributed by atoms with van der Waals surface area (Å²) in [6, 6.07) is 5.86. The SMILES string of the molecule is COCCNCc1ccc(OCCC(C)(C)O)c(OC)c1. The zero-order valence-electron chi connectivity index (χ0n) is 13.4. The van der Waals surface area contributed by atoms with Gasteiger partial charge >= 0.3 is 0 Å². The van der Waals surface area contributed by atoms with Crippen LogP contribution >= 0.6 is 0 Å². The van der Waals surface area contributed by atoms with Crippen LogP contribution in [-0.2, 0) is 11.3 Å². The summed E-state index contributed by atoms with van der Waals surface area (Å²) in [5.41, 5.74) is 0.399. The van der Waals surface area contributed by atoms with Gasteiger partial charge in [-0.3, -0.25) is 0 Å². The lowest BCUT2D eigenvalue weighted by molar-refractivity contribution is 0.0549. The first-order valence-electron chi connectivity index (χ1n) is 7.18. The maximum absolute atomic E-state index is 9.68. The summed E-state index contributed by atoms with van der Waals surface area (Å²) in [5.74, 6) is 1.40. The van der Waals surface area contributed by atoms with Crippen molar-refractivity contribution in [2.75, 3.05) is 34.0 Å². The quantitative estimate of drug-likeness (QED) is 0.647. The molecule has 21 heavy (non-hydrogen) atoms. The highest BCUT2D eigenvalue weighted by atomic mass is 16.5. The van der Waals surface area contributed by atoms with E-state index in [0.717, 1.165) is 18.7 Å². The van der Waals surface area contributed by atoms with Crippen molar-refractivity contribution in [1.29, 1.82) is 0 Å². The number of nitrogens with one attached hydrogen (secondary N) is 1. The number of rotatable bonds is 10. The van der Waals surface area contributed by atoms with Gasteiger partial charge < -0.3 is 24.6 Å². The van der Waals surface area contributed by atoms with E-state index in [4.69, 9.17) is 14.2 Å². The average molecular weight is 297 g/mol. The fraction of sp³-hybridized carbons (Fsp3) is 0.625. The second kappa shape index (κ2) is 8.87. The maximum Gasteiger partial charge on any atom is 0.161 e. The van der Waals surface area contributed by atoms with Gasteiger partial charge in [0.2, 0.25) is 0 Å². The van der Waals surface area contributed by atoms with E-state index in [9.17, 15) is 5.11 Å². The molecule has 0 saturated heterocycles. The number of methoxy groups -OCH3 is 2. The van der Waals surface area contributed by atoms with E-state index >= 15 is 0 Å². The van der Waals surface area contributed by atoms with Crippen LogP contribution in [0.15, 0.2) is 18.2 Å². The lowest BCUT2D eigenvalue weighted by atomic mass is 10.1. The van der Waals surface area contributed by atoms with Crippen molar-refractivity contribution in [3.05, 3.63) is 23.8 Å². The van der Waals surface area contributed by atoms with E-state index < -0.39 is 5.60 Å². The molecule has 1 rings (SSSR count).